The normalized spacial score (nSPS) is 11.3. The molecule has 0 saturated carbocycles. The number of aromatic nitrogens is 2. The Labute approximate surface area is 144 Å². The first-order chi connectivity index (χ1) is 11.1. The van der Waals surface area contributed by atoms with Crippen molar-refractivity contribution in [2.45, 2.75) is 25.3 Å². The maximum atomic E-state index is 12.2. The van der Waals surface area contributed by atoms with Crippen molar-refractivity contribution >= 4 is 27.3 Å². The van der Waals surface area contributed by atoms with E-state index in [1.807, 2.05) is 0 Å². The summed E-state index contributed by atoms with van der Waals surface area (Å²) in [4.78, 5) is 24.0. The topological polar surface area (TPSA) is 109 Å². The Morgan fingerprint density at radius 1 is 1.33 bits per heavy atom. The standard InChI is InChI=1S/C15H16ClN3O4S/c1-8-9(2)18-19-15(21)13(8)14(20)17-7-10-4-5-12(11(16)6-10)24(3,22)23/h4-6H,7H2,1-3H3,(H,17,20)(H,19,21). The summed E-state index contributed by atoms with van der Waals surface area (Å²) in [5.41, 5.74) is 1.10. The van der Waals surface area contributed by atoms with Gasteiger partial charge in [0.25, 0.3) is 11.5 Å². The molecule has 128 valence electrons. The van der Waals surface area contributed by atoms with Crippen molar-refractivity contribution in [3.05, 3.63) is 56.0 Å². The van der Waals surface area contributed by atoms with Crippen molar-refractivity contribution in [1.82, 2.24) is 15.5 Å². The zero-order valence-corrected chi connectivity index (χ0v) is 14.9. The number of nitrogens with one attached hydrogen (secondary N) is 2. The van der Waals surface area contributed by atoms with Crippen LogP contribution in [0.15, 0.2) is 27.9 Å². The molecule has 0 spiro atoms. The van der Waals surface area contributed by atoms with E-state index >= 15 is 0 Å². The van der Waals surface area contributed by atoms with E-state index in [1.54, 1.807) is 19.9 Å². The lowest BCUT2D eigenvalue weighted by Crippen LogP contribution is -2.31. The number of H-pyrrole nitrogens is 1. The Morgan fingerprint density at radius 3 is 2.58 bits per heavy atom. The van der Waals surface area contributed by atoms with Gasteiger partial charge in [-0.2, -0.15) is 5.10 Å². The van der Waals surface area contributed by atoms with Crippen LogP contribution in [0, 0.1) is 13.8 Å². The fraction of sp³-hybridized carbons (Fsp3) is 0.267. The van der Waals surface area contributed by atoms with Crippen molar-refractivity contribution in [3.63, 3.8) is 0 Å². The van der Waals surface area contributed by atoms with Crippen molar-refractivity contribution in [2.75, 3.05) is 6.26 Å². The molecule has 0 atom stereocenters. The van der Waals surface area contributed by atoms with Gasteiger partial charge in [0.15, 0.2) is 9.84 Å². The first-order valence-electron chi connectivity index (χ1n) is 6.94. The van der Waals surface area contributed by atoms with Crippen LogP contribution in [0.3, 0.4) is 0 Å². The van der Waals surface area contributed by atoms with E-state index < -0.39 is 21.3 Å². The lowest BCUT2D eigenvalue weighted by atomic mass is 10.1. The van der Waals surface area contributed by atoms with Crippen molar-refractivity contribution < 1.29 is 13.2 Å². The average molecular weight is 370 g/mol. The maximum Gasteiger partial charge on any atom is 0.277 e. The number of aryl methyl sites for hydroxylation is 1. The van der Waals surface area contributed by atoms with E-state index in [4.69, 9.17) is 11.6 Å². The van der Waals surface area contributed by atoms with Gasteiger partial charge < -0.3 is 5.32 Å². The summed E-state index contributed by atoms with van der Waals surface area (Å²) in [7, 11) is -3.41. The van der Waals surface area contributed by atoms with Crippen molar-refractivity contribution in [3.8, 4) is 0 Å². The minimum Gasteiger partial charge on any atom is -0.348 e. The molecule has 0 fully saturated rings. The summed E-state index contributed by atoms with van der Waals surface area (Å²) in [5.74, 6) is -0.539. The lowest BCUT2D eigenvalue weighted by Gasteiger charge is -2.09. The van der Waals surface area contributed by atoms with Gasteiger partial charge in [0, 0.05) is 12.8 Å². The molecule has 2 rings (SSSR count). The summed E-state index contributed by atoms with van der Waals surface area (Å²) in [6.07, 6.45) is 1.07. The molecule has 0 aliphatic heterocycles. The van der Waals surface area contributed by atoms with Crippen molar-refractivity contribution in [2.24, 2.45) is 0 Å². The van der Waals surface area contributed by atoms with Crippen LogP contribution in [0.2, 0.25) is 5.02 Å². The lowest BCUT2D eigenvalue weighted by molar-refractivity contribution is 0.0948. The van der Waals surface area contributed by atoms with E-state index in [1.165, 1.54) is 12.1 Å². The maximum absolute atomic E-state index is 12.2. The summed E-state index contributed by atoms with van der Waals surface area (Å²) in [6.45, 7) is 3.43. The third kappa shape index (κ3) is 3.82. The number of aromatic amines is 1. The number of amides is 1. The van der Waals surface area contributed by atoms with E-state index in [0.29, 0.717) is 16.8 Å². The molecule has 0 aliphatic carbocycles. The molecule has 7 nitrogen and oxygen atoms in total. The Morgan fingerprint density at radius 2 is 2.00 bits per heavy atom. The second-order valence-electron chi connectivity index (χ2n) is 5.36. The smallest absolute Gasteiger partial charge is 0.277 e. The summed E-state index contributed by atoms with van der Waals surface area (Å²) in [6, 6.07) is 4.40. The number of nitrogens with zero attached hydrogens (tertiary/aromatic N) is 1. The first kappa shape index (κ1) is 18.2. The number of halogens is 1. The molecule has 0 unspecified atom stereocenters. The van der Waals surface area contributed by atoms with E-state index in [-0.39, 0.29) is 22.0 Å². The van der Waals surface area contributed by atoms with E-state index in [0.717, 1.165) is 6.26 Å². The Bertz CT molecular complexity index is 967. The molecule has 9 heteroatoms. The molecule has 0 aliphatic rings. The molecule has 0 radical (unpaired) electrons. The minimum atomic E-state index is -3.41. The number of carbonyl (C=O) groups excluding carboxylic acids is 1. The molecule has 0 saturated heterocycles. The number of hydrogen-bond donors (Lipinski definition) is 2. The molecule has 1 heterocycles. The number of carbonyl (C=O) groups is 1. The molecule has 2 N–H and O–H groups in total. The highest BCUT2D eigenvalue weighted by Gasteiger charge is 2.17. The quantitative estimate of drug-likeness (QED) is 0.846. The third-order valence-corrected chi connectivity index (χ3v) is 5.13. The van der Waals surface area contributed by atoms with Crippen LogP contribution in [0.4, 0.5) is 0 Å². The number of sulfone groups is 1. The van der Waals surface area contributed by atoms with Crippen LogP contribution >= 0.6 is 11.6 Å². The monoisotopic (exact) mass is 369 g/mol. The van der Waals surface area contributed by atoms with Crippen LogP contribution < -0.4 is 10.9 Å². The number of rotatable bonds is 4. The Hall–Kier alpha value is -2.19. The van der Waals surface area contributed by atoms with Gasteiger partial charge in [0.05, 0.1) is 15.6 Å². The Kier molecular flexibility index (Phi) is 5.10. The minimum absolute atomic E-state index is 0.00125. The van der Waals surface area contributed by atoms with E-state index in [9.17, 15) is 18.0 Å². The molecule has 2 aromatic rings. The van der Waals surface area contributed by atoms with Crippen LogP contribution in [0.1, 0.15) is 27.2 Å². The fourth-order valence-electron chi connectivity index (χ4n) is 2.12. The summed E-state index contributed by atoms with van der Waals surface area (Å²) in [5, 5.41) is 8.76. The van der Waals surface area contributed by atoms with E-state index in [2.05, 4.69) is 15.5 Å². The largest absolute Gasteiger partial charge is 0.348 e. The molecule has 1 amide bonds. The molecule has 1 aromatic carbocycles. The molecule has 1 aromatic heterocycles. The second kappa shape index (κ2) is 6.74. The number of hydrogen-bond acceptors (Lipinski definition) is 5. The van der Waals surface area contributed by atoms with Crippen molar-refractivity contribution in [1.29, 1.82) is 0 Å². The predicted octanol–water partition coefficient (Wildman–Crippen LogP) is 1.37. The van der Waals surface area contributed by atoms with Gasteiger partial charge in [0.2, 0.25) is 0 Å². The van der Waals surface area contributed by atoms with Gasteiger partial charge in [-0.1, -0.05) is 17.7 Å². The molecule has 24 heavy (non-hydrogen) atoms. The first-order valence-corrected chi connectivity index (χ1v) is 9.20. The second-order valence-corrected chi connectivity index (χ2v) is 7.75. The third-order valence-electron chi connectivity index (χ3n) is 3.55. The van der Waals surface area contributed by atoms with Crippen LogP contribution in [0.25, 0.3) is 0 Å². The van der Waals surface area contributed by atoms with Crippen LogP contribution in [-0.2, 0) is 16.4 Å². The van der Waals surface area contributed by atoms with Crippen LogP contribution in [-0.4, -0.2) is 30.8 Å². The zero-order chi connectivity index (χ0) is 18.1. The Balaban J connectivity index is 2.20. The molecule has 0 bridgehead atoms. The zero-order valence-electron chi connectivity index (χ0n) is 13.3. The molecular weight excluding hydrogens is 354 g/mol. The predicted molar refractivity (Wildman–Crippen MR) is 90.1 cm³/mol. The van der Waals surface area contributed by atoms with Gasteiger partial charge >= 0.3 is 0 Å². The summed E-state index contributed by atoms with van der Waals surface area (Å²) < 4.78 is 23.0. The van der Waals surface area contributed by atoms with Gasteiger partial charge in [-0.15, -0.1) is 0 Å². The highest BCUT2D eigenvalue weighted by Crippen LogP contribution is 2.22. The fourth-order valence-corrected chi connectivity index (χ4v) is 3.48. The van der Waals surface area contributed by atoms with Gasteiger partial charge in [-0.3, -0.25) is 9.59 Å². The van der Waals surface area contributed by atoms with Gasteiger partial charge in [0.1, 0.15) is 5.56 Å². The average Bonchev–Trinajstić information content (AvgIpc) is 2.48. The summed E-state index contributed by atoms with van der Waals surface area (Å²) >= 11 is 5.96. The highest BCUT2D eigenvalue weighted by atomic mass is 35.5. The van der Waals surface area contributed by atoms with Crippen LogP contribution in [0.5, 0.6) is 0 Å². The van der Waals surface area contributed by atoms with Gasteiger partial charge in [-0.25, -0.2) is 13.5 Å². The highest BCUT2D eigenvalue weighted by molar-refractivity contribution is 7.90. The van der Waals surface area contributed by atoms with Gasteiger partial charge in [-0.05, 0) is 37.1 Å². The number of benzene rings is 1. The molecular formula is C15H16ClN3O4S. The SMILES string of the molecule is Cc1n[nH]c(=O)c(C(=O)NCc2ccc(S(C)(=O)=O)c(Cl)c2)c1C.